The average molecular weight is 634 g/mol. The van der Waals surface area contributed by atoms with Crippen molar-refractivity contribution in [1.82, 2.24) is 0 Å². The van der Waals surface area contributed by atoms with Crippen molar-refractivity contribution in [3.05, 3.63) is 140 Å². The van der Waals surface area contributed by atoms with Crippen molar-refractivity contribution in [3.63, 3.8) is 0 Å². The van der Waals surface area contributed by atoms with Crippen LogP contribution < -0.4 is 16.4 Å². The normalized spacial score (nSPS) is 11.6. The largest absolute Gasteiger partial charge is 0.508 e. The Balaban J connectivity index is 1.31. The fourth-order valence-electron chi connectivity index (χ4n) is 7.41. The summed E-state index contributed by atoms with van der Waals surface area (Å²) in [6, 6.07) is 47.4. The van der Waals surface area contributed by atoms with Gasteiger partial charge in [-0.05, 0) is 73.1 Å². The molecule has 0 bridgehead atoms. The lowest BCUT2D eigenvalue weighted by atomic mass is 9.69. The zero-order chi connectivity index (χ0) is 34.1. The van der Waals surface area contributed by atoms with Gasteiger partial charge in [0, 0.05) is 16.3 Å². The second-order valence-electron chi connectivity index (χ2n) is 12.6. The molecule has 6 radical (unpaired) electrons. The Morgan fingerprint density at radius 1 is 0.380 bits per heavy atom. The lowest BCUT2D eigenvalue weighted by Gasteiger charge is -2.22. The Morgan fingerprint density at radius 3 is 1.48 bits per heavy atom. The maximum absolute atomic E-state index is 11.3. The van der Waals surface area contributed by atoms with E-state index in [0.717, 1.165) is 65.7 Å². The summed E-state index contributed by atoms with van der Waals surface area (Å²) in [5.41, 5.74) is 8.66. The molecule has 9 aromatic rings. The second kappa shape index (κ2) is 11.5. The van der Waals surface area contributed by atoms with Gasteiger partial charge < -0.3 is 14.6 Å². The third-order valence-corrected chi connectivity index (χ3v) is 9.84. The van der Waals surface area contributed by atoms with Crippen LogP contribution in [0, 0.1) is 0 Å². The highest BCUT2D eigenvalue weighted by Gasteiger charge is 2.25. The zero-order valence-corrected chi connectivity index (χ0v) is 26.8. The molecule has 228 valence electrons. The predicted molar refractivity (Wildman–Crippen MR) is 210 cm³/mol. The molecular formula is C44H25B3O3. The Kier molecular flexibility index (Phi) is 6.89. The van der Waals surface area contributed by atoms with E-state index < -0.39 is 0 Å². The van der Waals surface area contributed by atoms with Crippen LogP contribution in [0.4, 0.5) is 0 Å². The van der Waals surface area contributed by atoms with Gasteiger partial charge in [0.05, 0.1) is 5.56 Å². The highest BCUT2D eigenvalue weighted by atomic mass is 16.3. The number of fused-ring (bicyclic) bond motifs is 5. The molecule has 0 amide bonds. The molecule has 8 aromatic carbocycles. The molecule has 0 saturated heterocycles. The van der Waals surface area contributed by atoms with Crippen LogP contribution in [-0.2, 0) is 0 Å². The van der Waals surface area contributed by atoms with Crippen LogP contribution in [0.15, 0.2) is 144 Å². The fraction of sp³-hybridized carbons (Fsp3) is 0. The minimum absolute atomic E-state index is 0.0565. The first-order valence-corrected chi connectivity index (χ1v) is 16.3. The van der Waals surface area contributed by atoms with Gasteiger partial charge in [-0.2, -0.15) is 0 Å². The molecule has 0 spiro atoms. The van der Waals surface area contributed by atoms with Crippen molar-refractivity contribution in [2.24, 2.45) is 0 Å². The smallest absolute Gasteiger partial charge is 0.136 e. The summed E-state index contributed by atoms with van der Waals surface area (Å²) < 4.78 is 6.46. The summed E-state index contributed by atoms with van der Waals surface area (Å²) in [4.78, 5) is 0. The quantitative estimate of drug-likeness (QED) is 0.151. The summed E-state index contributed by atoms with van der Waals surface area (Å²) in [6.45, 7) is 0. The van der Waals surface area contributed by atoms with E-state index in [4.69, 9.17) is 28.0 Å². The van der Waals surface area contributed by atoms with Gasteiger partial charge in [-0.3, -0.25) is 0 Å². The van der Waals surface area contributed by atoms with Crippen molar-refractivity contribution in [2.45, 2.75) is 0 Å². The van der Waals surface area contributed by atoms with E-state index in [-0.39, 0.29) is 33.5 Å². The molecule has 0 aliphatic rings. The fourth-order valence-corrected chi connectivity index (χ4v) is 7.41. The van der Waals surface area contributed by atoms with Crippen molar-refractivity contribution in [3.8, 4) is 56.0 Å². The number of phenolic OH excluding ortho intramolecular Hbond substituents is 2. The van der Waals surface area contributed by atoms with Gasteiger partial charge in [0.1, 0.15) is 46.2 Å². The monoisotopic (exact) mass is 634 g/mol. The summed E-state index contributed by atoms with van der Waals surface area (Å²) in [7, 11) is 18.5. The minimum atomic E-state index is -0.315. The number of hydrogen-bond acceptors (Lipinski definition) is 3. The second-order valence-corrected chi connectivity index (χ2v) is 12.6. The summed E-state index contributed by atoms with van der Waals surface area (Å²) in [6.07, 6.45) is 0. The highest BCUT2D eigenvalue weighted by molar-refractivity contribution is 6.59. The number of aromatic hydroxyl groups is 2. The molecule has 50 heavy (non-hydrogen) atoms. The van der Waals surface area contributed by atoms with Gasteiger partial charge >= 0.3 is 0 Å². The maximum Gasteiger partial charge on any atom is 0.136 e. The Hall–Kier alpha value is -6.13. The van der Waals surface area contributed by atoms with Gasteiger partial charge in [-0.25, -0.2) is 0 Å². The van der Waals surface area contributed by atoms with Crippen LogP contribution in [0.5, 0.6) is 11.5 Å². The van der Waals surface area contributed by atoms with Crippen LogP contribution in [0.2, 0.25) is 0 Å². The first-order valence-electron chi connectivity index (χ1n) is 16.3. The molecule has 0 atom stereocenters. The molecule has 3 nitrogen and oxygen atoms in total. The number of benzene rings is 8. The van der Waals surface area contributed by atoms with Gasteiger partial charge in [-0.1, -0.05) is 132 Å². The van der Waals surface area contributed by atoms with Gasteiger partial charge in [-0.15, -0.1) is 5.46 Å². The molecule has 0 aliphatic heterocycles. The van der Waals surface area contributed by atoms with Gasteiger partial charge in [0.2, 0.25) is 0 Å². The van der Waals surface area contributed by atoms with Crippen LogP contribution in [0.1, 0.15) is 0 Å². The first kappa shape index (κ1) is 30.0. The van der Waals surface area contributed by atoms with Crippen molar-refractivity contribution < 1.29 is 14.6 Å². The van der Waals surface area contributed by atoms with Crippen molar-refractivity contribution in [1.29, 1.82) is 0 Å². The molecule has 2 N–H and O–H groups in total. The molecule has 0 aliphatic carbocycles. The molecule has 1 aromatic heterocycles. The Labute approximate surface area is 292 Å². The Bertz CT molecular complexity index is 2720. The molecule has 0 fully saturated rings. The third kappa shape index (κ3) is 4.49. The SMILES string of the molecule is [B]c1c([B])c(O)c(-c2c3ccccc3c(-c3cccc4oc5ccc(-c6ccc(-c7ccccc7)cc6)cc5c34)c3ccccc23)c(O)c1[B]. The van der Waals surface area contributed by atoms with Gasteiger partial charge in [0.25, 0.3) is 0 Å². The first-order chi connectivity index (χ1) is 24.4. The van der Waals surface area contributed by atoms with E-state index in [1.54, 1.807) is 0 Å². The number of furan rings is 1. The lowest BCUT2D eigenvalue weighted by molar-refractivity contribution is 0.460. The minimum Gasteiger partial charge on any atom is -0.508 e. The van der Waals surface area contributed by atoms with E-state index >= 15 is 0 Å². The number of rotatable bonds is 4. The van der Waals surface area contributed by atoms with Gasteiger partial charge in [0.15, 0.2) is 0 Å². The van der Waals surface area contributed by atoms with Crippen molar-refractivity contribution >= 4 is 83.4 Å². The van der Waals surface area contributed by atoms with Crippen LogP contribution in [0.25, 0.3) is 88.0 Å². The zero-order valence-electron chi connectivity index (χ0n) is 26.8. The molecular weight excluding hydrogens is 609 g/mol. The van der Waals surface area contributed by atoms with Crippen molar-refractivity contribution in [2.75, 3.05) is 0 Å². The van der Waals surface area contributed by atoms with Crippen LogP contribution in [0.3, 0.4) is 0 Å². The Morgan fingerprint density at radius 2 is 0.880 bits per heavy atom. The predicted octanol–water partition coefficient (Wildman–Crippen LogP) is 8.35. The molecule has 9 rings (SSSR count). The number of phenols is 2. The summed E-state index contributed by atoms with van der Waals surface area (Å²) >= 11 is 0. The van der Waals surface area contributed by atoms with E-state index in [9.17, 15) is 10.2 Å². The average Bonchev–Trinajstić information content (AvgIpc) is 3.55. The lowest BCUT2D eigenvalue weighted by Crippen LogP contribution is -2.39. The standard InChI is InChI=1S/C44H25B3O3/c45-40-41(46)43(48)39(44(49)42(40)47)38-30-13-6-4-11-28(30)36(29-12-5-7-14-31(29)38)32-15-8-16-35-37(32)33-23-27(21-22-34(33)50-35)26-19-17-25(18-20-26)24-9-2-1-3-10-24/h1-23,48-49H. The molecule has 1 heterocycles. The van der Waals surface area contributed by atoms with Crippen LogP contribution in [-0.4, -0.2) is 33.8 Å². The highest BCUT2D eigenvalue weighted by Crippen LogP contribution is 2.49. The maximum atomic E-state index is 11.3. The van der Waals surface area contributed by atoms with E-state index in [1.165, 1.54) is 11.1 Å². The number of hydrogen-bond donors (Lipinski definition) is 2. The van der Waals surface area contributed by atoms with E-state index in [2.05, 4.69) is 78.9 Å². The third-order valence-electron chi connectivity index (χ3n) is 9.84. The molecule has 6 heteroatoms. The summed E-state index contributed by atoms with van der Waals surface area (Å²) in [5, 5.41) is 28.1. The van der Waals surface area contributed by atoms with E-state index in [0.29, 0.717) is 5.56 Å². The van der Waals surface area contributed by atoms with E-state index in [1.807, 2.05) is 60.7 Å². The molecule has 0 unspecified atom stereocenters. The molecule has 0 saturated carbocycles. The van der Waals surface area contributed by atoms with Crippen LogP contribution >= 0.6 is 0 Å². The topological polar surface area (TPSA) is 53.6 Å². The summed E-state index contributed by atoms with van der Waals surface area (Å²) in [5.74, 6) is -0.631.